The van der Waals surface area contributed by atoms with Crippen LogP contribution in [0.25, 0.3) is 5.70 Å². The second-order valence-electron chi connectivity index (χ2n) is 4.71. The molecular weight excluding hydrogens is 290 g/mol. The van der Waals surface area contributed by atoms with Crippen LogP contribution in [-0.4, -0.2) is 23.4 Å². The van der Waals surface area contributed by atoms with Crippen LogP contribution in [0.15, 0.2) is 41.4 Å². The Morgan fingerprint density at radius 2 is 2.24 bits per heavy atom. The first kappa shape index (κ1) is 15.3. The van der Waals surface area contributed by atoms with Gasteiger partial charge in [-0.25, -0.2) is 4.79 Å². The van der Waals surface area contributed by atoms with E-state index in [9.17, 15) is 4.79 Å². The van der Waals surface area contributed by atoms with E-state index >= 15 is 0 Å². The molecule has 1 fully saturated rings. The Hall–Kier alpha value is -2.07. The van der Waals surface area contributed by atoms with Gasteiger partial charge < -0.3 is 9.84 Å². The smallest absolute Gasteiger partial charge is 0.335 e. The Morgan fingerprint density at radius 3 is 2.76 bits per heavy atom. The van der Waals surface area contributed by atoms with Crippen molar-refractivity contribution in [3.8, 4) is 5.75 Å². The molecule has 0 saturated heterocycles. The van der Waals surface area contributed by atoms with Gasteiger partial charge in [-0.05, 0) is 44.0 Å². The number of rotatable bonds is 6. The molecule has 0 aromatic heterocycles. The molecular formula is C16H16ClNO3. The maximum absolute atomic E-state index is 10.9. The Balaban J connectivity index is 2.29. The van der Waals surface area contributed by atoms with E-state index in [1.165, 1.54) is 6.08 Å². The molecule has 21 heavy (non-hydrogen) atoms. The molecule has 1 aromatic carbocycles. The molecule has 1 aromatic rings. The molecule has 0 atom stereocenters. The molecule has 4 nitrogen and oxygen atoms in total. The number of benzene rings is 1. The van der Waals surface area contributed by atoms with Gasteiger partial charge in [-0.15, -0.1) is 0 Å². The third kappa shape index (κ3) is 4.20. The third-order valence-electron chi connectivity index (χ3n) is 2.90. The average molecular weight is 306 g/mol. The fourth-order valence-corrected chi connectivity index (χ4v) is 1.91. The molecule has 0 unspecified atom stereocenters. The van der Waals surface area contributed by atoms with E-state index in [-0.39, 0.29) is 11.7 Å². The van der Waals surface area contributed by atoms with Crippen LogP contribution in [0.2, 0.25) is 5.02 Å². The topological polar surface area (TPSA) is 58.9 Å². The lowest BCUT2D eigenvalue weighted by Gasteiger charge is -2.09. The van der Waals surface area contributed by atoms with Crippen LogP contribution in [0.5, 0.6) is 5.75 Å². The van der Waals surface area contributed by atoms with E-state index in [2.05, 4.69) is 11.6 Å². The summed E-state index contributed by atoms with van der Waals surface area (Å²) >= 11 is 6.20. The summed E-state index contributed by atoms with van der Waals surface area (Å²) in [6.45, 7) is 5.24. The molecule has 0 aliphatic heterocycles. The monoisotopic (exact) mass is 305 g/mol. The Morgan fingerprint density at radius 1 is 1.52 bits per heavy atom. The second-order valence-corrected chi connectivity index (χ2v) is 5.12. The molecule has 0 amide bonds. The quantitative estimate of drug-likeness (QED) is 0.492. The number of carboxylic acid groups (broad SMARTS) is 1. The number of hydrogen-bond acceptors (Lipinski definition) is 3. The van der Waals surface area contributed by atoms with Gasteiger partial charge in [0, 0.05) is 11.8 Å². The van der Waals surface area contributed by atoms with E-state index in [0.29, 0.717) is 22.0 Å². The van der Waals surface area contributed by atoms with Crippen molar-refractivity contribution in [2.24, 2.45) is 4.99 Å². The fraction of sp³-hybridized carbons (Fsp3) is 0.250. The van der Waals surface area contributed by atoms with Crippen molar-refractivity contribution < 1.29 is 14.6 Å². The molecule has 0 radical (unpaired) electrons. The van der Waals surface area contributed by atoms with Crippen LogP contribution in [0.3, 0.4) is 0 Å². The summed E-state index contributed by atoms with van der Waals surface area (Å²) in [5, 5.41) is 9.39. The maximum atomic E-state index is 10.9. The van der Waals surface area contributed by atoms with Gasteiger partial charge in [-0.1, -0.05) is 18.2 Å². The number of carboxylic acids is 1. The molecule has 5 heteroatoms. The number of aliphatic carboxylic acids is 1. The van der Waals surface area contributed by atoms with E-state index in [0.717, 1.165) is 12.8 Å². The first-order valence-corrected chi connectivity index (χ1v) is 6.98. The summed E-state index contributed by atoms with van der Waals surface area (Å²) < 4.78 is 5.67. The number of aliphatic imine (C=N–C) groups is 1. The van der Waals surface area contributed by atoms with E-state index < -0.39 is 5.97 Å². The molecule has 0 bridgehead atoms. The molecule has 2 rings (SSSR count). The molecule has 0 spiro atoms. The Kier molecular flexibility index (Phi) is 4.81. The summed E-state index contributed by atoms with van der Waals surface area (Å²) in [6, 6.07) is 5.29. The average Bonchev–Trinajstić information content (AvgIpc) is 3.24. The van der Waals surface area contributed by atoms with E-state index in [1.54, 1.807) is 31.3 Å². The summed E-state index contributed by atoms with van der Waals surface area (Å²) in [5.41, 5.74) is 1.17. The number of hydrogen-bond donors (Lipinski definition) is 1. The summed E-state index contributed by atoms with van der Waals surface area (Å²) in [7, 11) is 0. The second kappa shape index (κ2) is 6.59. The minimum absolute atomic E-state index is 0.0370. The number of ether oxygens (including phenoxy) is 1. The maximum Gasteiger partial charge on any atom is 0.335 e. The zero-order valence-electron chi connectivity index (χ0n) is 11.7. The van der Waals surface area contributed by atoms with E-state index in [1.807, 2.05) is 0 Å². The van der Waals surface area contributed by atoms with Gasteiger partial charge >= 0.3 is 5.97 Å². The highest BCUT2D eigenvalue weighted by Crippen LogP contribution is 2.34. The number of nitrogens with zero attached hydrogens (tertiary/aromatic N) is 1. The molecule has 1 aliphatic carbocycles. The molecule has 1 aliphatic rings. The van der Waals surface area contributed by atoms with Gasteiger partial charge in [-0.2, -0.15) is 0 Å². The minimum Gasteiger partial charge on any atom is -0.489 e. The number of carbonyl (C=O) groups is 1. The predicted molar refractivity (Wildman–Crippen MR) is 84.0 cm³/mol. The van der Waals surface area contributed by atoms with Crippen LogP contribution in [0.4, 0.5) is 0 Å². The van der Waals surface area contributed by atoms with Crippen LogP contribution in [-0.2, 0) is 4.79 Å². The van der Waals surface area contributed by atoms with Gasteiger partial charge in [0.15, 0.2) is 0 Å². The van der Waals surface area contributed by atoms with Gasteiger partial charge in [0.1, 0.15) is 5.75 Å². The van der Waals surface area contributed by atoms with Gasteiger partial charge in [0.25, 0.3) is 0 Å². The zero-order chi connectivity index (χ0) is 15.4. The first-order chi connectivity index (χ1) is 10.0. The normalized spacial score (nSPS) is 15.2. The molecule has 1 N–H and O–H groups in total. The Labute approximate surface area is 128 Å². The third-order valence-corrected chi connectivity index (χ3v) is 3.19. The fourth-order valence-electron chi connectivity index (χ4n) is 1.68. The van der Waals surface area contributed by atoms with Crippen LogP contribution >= 0.6 is 11.6 Å². The highest BCUT2D eigenvalue weighted by atomic mass is 35.5. The lowest BCUT2D eigenvalue weighted by atomic mass is 10.1. The van der Waals surface area contributed by atoms with Crippen LogP contribution in [0.1, 0.15) is 25.3 Å². The van der Waals surface area contributed by atoms with Crippen molar-refractivity contribution in [2.75, 3.05) is 0 Å². The van der Waals surface area contributed by atoms with Gasteiger partial charge in [-0.3, -0.25) is 4.99 Å². The first-order valence-electron chi connectivity index (χ1n) is 6.60. The SMILES string of the molecule is C=C(/C=C(\N=CC)c1ccc(OC2CC2)c(Cl)c1)C(=O)O. The predicted octanol–water partition coefficient (Wildman–Crippen LogP) is 3.95. The van der Waals surface area contributed by atoms with Crippen molar-refractivity contribution in [3.63, 3.8) is 0 Å². The number of halogens is 1. The van der Waals surface area contributed by atoms with Crippen LogP contribution in [0, 0.1) is 0 Å². The van der Waals surface area contributed by atoms with Crippen LogP contribution < -0.4 is 4.74 Å². The van der Waals surface area contributed by atoms with Crippen molar-refractivity contribution in [2.45, 2.75) is 25.9 Å². The molecule has 0 heterocycles. The largest absolute Gasteiger partial charge is 0.489 e. The van der Waals surface area contributed by atoms with Crippen molar-refractivity contribution in [1.29, 1.82) is 0 Å². The van der Waals surface area contributed by atoms with Crippen molar-refractivity contribution in [3.05, 3.63) is 47.0 Å². The van der Waals surface area contributed by atoms with E-state index in [4.69, 9.17) is 21.4 Å². The summed E-state index contributed by atoms with van der Waals surface area (Å²) in [5.74, 6) is -0.446. The van der Waals surface area contributed by atoms with Crippen molar-refractivity contribution in [1.82, 2.24) is 0 Å². The molecule has 1 saturated carbocycles. The zero-order valence-corrected chi connectivity index (χ0v) is 12.4. The summed E-state index contributed by atoms with van der Waals surface area (Å²) in [4.78, 5) is 15.1. The lowest BCUT2D eigenvalue weighted by molar-refractivity contribution is -0.132. The highest BCUT2D eigenvalue weighted by Gasteiger charge is 2.24. The standard InChI is InChI=1S/C16H16ClNO3/c1-3-18-14(8-10(2)16(19)20)11-4-7-15(13(17)9-11)21-12-5-6-12/h3-4,7-9,12H,2,5-6H2,1H3,(H,19,20)/b14-8-,18-3?. The van der Waals surface area contributed by atoms with Crippen molar-refractivity contribution >= 4 is 29.5 Å². The van der Waals surface area contributed by atoms with Gasteiger partial charge in [0.05, 0.1) is 22.4 Å². The summed E-state index contributed by atoms with van der Waals surface area (Å²) in [6.07, 6.45) is 5.38. The minimum atomic E-state index is -1.08. The van der Waals surface area contributed by atoms with Gasteiger partial charge in [0.2, 0.25) is 0 Å². The lowest BCUT2D eigenvalue weighted by Crippen LogP contribution is -1.98. The molecule has 110 valence electrons. The highest BCUT2D eigenvalue weighted by molar-refractivity contribution is 6.32. The Bertz CT molecular complexity index is 630.